The second kappa shape index (κ2) is 6.91. The number of amides is 1. The van der Waals surface area contributed by atoms with Crippen LogP contribution in [0, 0.1) is 0 Å². The van der Waals surface area contributed by atoms with Gasteiger partial charge in [0.2, 0.25) is 5.91 Å². The smallest absolute Gasteiger partial charge is 0.249 e. The summed E-state index contributed by atoms with van der Waals surface area (Å²) in [7, 11) is 1.55. The minimum atomic E-state index is 0.0285. The molecule has 23 heavy (non-hydrogen) atoms. The maximum Gasteiger partial charge on any atom is 0.249 e. The van der Waals surface area contributed by atoms with Crippen LogP contribution in [-0.4, -0.2) is 45.8 Å². The summed E-state index contributed by atoms with van der Waals surface area (Å²) in [6.07, 6.45) is 3.73. The second-order valence-electron chi connectivity index (χ2n) is 5.66. The van der Waals surface area contributed by atoms with Crippen molar-refractivity contribution in [3.8, 4) is 11.4 Å². The predicted molar refractivity (Wildman–Crippen MR) is 86.7 cm³/mol. The van der Waals surface area contributed by atoms with Gasteiger partial charge in [-0.2, -0.15) is 5.10 Å². The number of hydrogen-bond acceptors (Lipinski definition) is 4. The Hall–Kier alpha value is -2.21. The summed E-state index contributed by atoms with van der Waals surface area (Å²) in [6, 6.07) is 8.00. The number of ether oxygens (including phenoxy) is 1. The van der Waals surface area contributed by atoms with Gasteiger partial charge in [0.05, 0.1) is 23.1 Å². The third kappa shape index (κ3) is 3.12. The van der Waals surface area contributed by atoms with E-state index < -0.39 is 0 Å². The Kier molecular flexibility index (Phi) is 4.71. The average molecular weight is 314 g/mol. The maximum atomic E-state index is 12.2. The molecule has 6 heteroatoms. The van der Waals surface area contributed by atoms with Crippen molar-refractivity contribution in [1.82, 2.24) is 19.7 Å². The molecule has 3 heterocycles. The summed E-state index contributed by atoms with van der Waals surface area (Å²) in [6.45, 7) is 3.75. The Labute approximate surface area is 136 Å². The molecule has 0 saturated carbocycles. The molecule has 1 amide bonds. The van der Waals surface area contributed by atoms with Gasteiger partial charge in [-0.05, 0) is 38.0 Å². The molecule has 0 spiro atoms. The zero-order valence-electron chi connectivity index (χ0n) is 13.6. The van der Waals surface area contributed by atoms with E-state index >= 15 is 0 Å². The number of rotatable bonds is 5. The van der Waals surface area contributed by atoms with Crippen LogP contribution >= 0.6 is 0 Å². The van der Waals surface area contributed by atoms with Crippen LogP contribution in [0.3, 0.4) is 0 Å². The van der Waals surface area contributed by atoms with Crippen LogP contribution in [0.5, 0.6) is 0 Å². The van der Waals surface area contributed by atoms with Gasteiger partial charge in [0.15, 0.2) is 0 Å². The Morgan fingerprint density at radius 3 is 3.04 bits per heavy atom. The first-order valence-corrected chi connectivity index (χ1v) is 8.02. The van der Waals surface area contributed by atoms with E-state index in [0.29, 0.717) is 0 Å². The minimum absolute atomic E-state index is 0.0285. The summed E-state index contributed by atoms with van der Waals surface area (Å²) < 4.78 is 6.92. The molecule has 1 atom stereocenters. The van der Waals surface area contributed by atoms with E-state index in [1.165, 1.54) is 0 Å². The average Bonchev–Trinajstić information content (AvgIpc) is 3.24. The number of methoxy groups -OCH3 is 1. The van der Waals surface area contributed by atoms with E-state index in [-0.39, 0.29) is 18.6 Å². The summed E-state index contributed by atoms with van der Waals surface area (Å²) in [5.74, 6) is 0.0285. The van der Waals surface area contributed by atoms with Crippen LogP contribution in [0.1, 0.15) is 31.5 Å². The van der Waals surface area contributed by atoms with Crippen molar-refractivity contribution >= 4 is 5.91 Å². The zero-order chi connectivity index (χ0) is 16.2. The molecule has 1 aliphatic rings. The van der Waals surface area contributed by atoms with E-state index in [4.69, 9.17) is 9.72 Å². The topological polar surface area (TPSA) is 60.2 Å². The molecule has 0 aliphatic carbocycles. The van der Waals surface area contributed by atoms with Gasteiger partial charge in [0.25, 0.3) is 0 Å². The molecule has 2 aromatic heterocycles. The number of carbonyl (C=O) groups is 1. The van der Waals surface area contributed by atoms with Crippen molar-refractivity contribution < 1.29 is 9.53 Å². The van der Waals surface area contributed by atoms with Crippen LogP contribution in [0.15, 0.2) is 30.5 Å². The molecule has 122 valence electrons. The normalized spacial score (nSPS) is 17.7. The lowest BCUT2D eigenvalue weighted by atomic mass is 10.1. The molecule has 3 rings (SSSR count). The largest absolute Gasteiger partial charge is 0.375 e. The lowest BCUT2D eigenvalue weighted by Gasteiger charge is -2.24. The number of pyridine rings is 1. The fraction of sp³-hybridized carbons (Fsp3) is 0.471. The predicted octanol–water partition coefficient (Wildman–Crippen LogP) is 2.27. The second-order valence-corrected chi connectivity index (χ2v) is 5.66. The monoisotopic (exact) mass is 314 g/mol. The van der Waals surface area contributed by atoms with E-state index in [9.17, 15) is 4.79 Å². The quantitative estimate of drug-likeness (QED) is 0.849. The van der Waals surface area contributed by atoms with Gasteiger partial charge in [0, 0.05) is 26.4 Å². The number of aromatic nitrogens is 3. The summed E-state index contributed by atoms with van der Waals surface area (Å²) in [5, 5.41) is 4.30. The highest BCUT2D eigenvalue weighted by atomic mass is 16.5. The van der Waals surface area contributed by atoms with Gasteiger partial charge in [-0.25, -0.2) is 4.98 Å². The first kappa shape index (κ1) is 15.7. The third-order valence-corrected chi connectivity index (χ3v) is 4.23. The van der Waals surface area contributed by atoms with E-state index in [1.807, 2.05) is 33.8 Å². The Bertz CT molecular complexity index is 683. The molecule has 0 radical (unpaired) electrons. The highest BCUT2D eigenvalue weighted by molar-refractivity contribution is 5.78. The molecule has 2 aromatic rings. The van der Waals surface area contributed by atoms with Gasteiger partial charge in [-0.15, -0.1) is 0 Å². The van der Waals surface area contributed by atoms with Crippen molar-refractivity contribution in [1.29, 1.82) is 0 Å². The SMILES string of the molecule is CCn1nccc1-c1cccc([C@H]2CCCN2C(=O)COC)n1. The van der Waals surface area contributed by atoms with Gasteiger partial charge in [0.1, 0.15) is 6.61 Å². The molecule has 1 fully saturated rings. The van der Waals surface area contributed by atoms with Crippen molar-refractivity contribution in [2.45, 2.75) is 32.4 Å². The standard InChI is InChI=1S/C17H22N4O2/c1-3-21-16(9-10-18-21)14-7-4-6-13(19-14)15-8-5-11-20(15)17(22)12-23-2/h4,6-7,9-10,15H,3,5,8,11-12H2,1-2H3/t15-/m1/s1. The van der Waals surface area contributed by atoms with Crippen molar-refractivity contribution in [3.05, 3.63) is 36.2 Å². The number of nitrogens with zero attached hydrogens (tertiary/aromatic N) is 4. The molecular formula is C17H22N4O2. The van der Waals surface area contributed by atoms with E-state index in [2.05, 4.69) is 12.0 Å². The number of aryl methyl sites for hydroxylation is 1. The summed E-state index contributed by atoms with van der Waals surface area (Å²) >= 11 is 0. The Balaban J connectivity index is 1.89. The van der Waals surface area contributed by atoms with Crippen LogP contribution in [0.4, 0.5) is 0 Å². The van der Waals surface area contributed by atoms with Crippen molar-refractivity contribution in [2.24, 2.45) is 0 Å². The van der Waals surface area contributed by atoms with Crippen LogP contribution in [0.25, 0.3) is 11.4 Å². The minimum Gasteiger partial charge on any atom is -0.375 e. The molecule has 0 aromatic carbocycles. The first-order chi connectivity index (χ1) is 11.2. The molecule has 0 N–H and O–H groups in total. The number of hydrogen-bond donors (Lipinski definition) is 0. The molecule has 6 nitrogen and oxygen atoms in total. The highest BCUT2D eigenvalue weighted by Crippen LogP contribution is 2.32. The third-order valence-electron chi connectivity index (χ3n) is 4.23. The Morgan fingerprint density at radius 1 is 1.39 bits per heavy atom. The molecule has 0 bridgehead atoms. The lowest BCUT2D eigenvalue weighted by molar-refractivity contribution is -0.136. The summed E-state index contributed by atoms with van der Waals surface area (Å²) in [5.41, 5.74) is 2.84. The maximum absolute atomic E-state index is 12.2. The first-order valence-electron chi connectivity index (χ1n) is 8.02. The number of likely N-dealkylation sites (tertiary alicyclic amines) is 1. The molecular weight excluding hydrogens is 292 g/mol. The van der Waals surface area contributed by atoms with Gasteiger partial charge in [-0.1, -0.05) is 6.07 Å². The Morgan fingerprint density at radius 2 is 2.26 bits per heavy atom. The van der Waals surface area contributed by atoms with Crippen LogP contribution in [0.2, 0.25) is 0 Å². The van der Waals surface area contributed by atoms with Crippen LogP contribution in [-0.2, 0) is 16.1 Å². The highest BCUT2D eigenvalue weighted by Gasteiger charge is 2.30. The number of carbonyl (C=O) groups excluding carboxylic acids is 1. The van der Waals surface area contributed by atoms with Gasteiger partial charge >= 0.3 is 0 Å². The van der Waals surface area contributed by atoms with Gasteiger partial charge < -0.3 is 9.64 Å². The van der Waals surface area contributed by atoms with E-state index in [1.54, 1.807) is 13.3 Å². The van der Waals surface area contributed by atoms with Crippen molar-refractivity contribution in [2.75, 3.05) is 20.3 Å². The lowest BCUT2D eigenvalue weighted by Crippen LogP contribution is -2.33. The molecule has 0 unspecified atom stereocenters. The van der Waals surface area contributed by atoms with Crippen molar-refractivity contribution in [3.63, 3.8) is 0 Å². The summed E-state index contributed by atoms with van der Waals surface area (Å²) in [4.78, 5) is 18.9. The fourth-order valence-corrected chi connectivity index (χ4v) is 3.16. The van der Waals surface area contributed by atoms with Gasteiger partial charge in [-0.3, -0.25) is 9.48 Å². The fourth-order valence-electron chi connectivity index (χ4n) is 3.16. The molecule has 1 saturated heterocycles. The van der Waals surface area contributed by atoms with Crippen LogP contribution < -0.4 is 0 Å². The zero-order valence-corrected chi connectivity index (χ0v) is 13.6. The molecule has 1 aliphatic heterocycles. The van der Waals surface area contributed by atoms with E-state index in [0.717, 1.165) is 43.0 Å².